The number of anilines is 1. The number of hydrogen-bond donors (Lipinski definition) is 1. The summed E-state index contributed by atoms with van der Waals surface area (Å²) >= 11 is 13.5. The summed E-state index contributed by atoms with van der Waals surface area (Å²) in [5, 5.41) is 3.37. The maximum absolute atomic E-state index is 6.18. The van der Waals surface area contributed by atoms with Crippen molar-refractivity contribution in [3.8, 4) is 11.5 Å². The van der Waals surface area contributed by atoms with E-state index in [4.69, 9.17) is 32.7 Å². The zero-order valence-corrected chi connectivity index (χ0v) is 13.7. The molecule has 0 fully saturated rings. The van der Waals surface area contributed by atoms with Crippen LogP contribution >= 0.6 is 34.5 Å². The summed E-state index contributed by atoms with van der Waals surface area (Å²) in [7, 11) is 3.26. The fourth-order valence-corrected chi connectivity index (χ4v) is 3.53. The predicted molar refractivity (Wildman–Crippen MR) is 85.9 cm³/mol. The van der Waals surface area contributed by atoms with Gasteiger partial charge >= 0.3 is 0 Å². The Balaban J connectivity index is 2.26. The molecule has 1 heterocycles. The van der Waals surface area contributed by atoms with Crippen LogP contribution in [0.4, 0.5) is 5.69 Å². The van der Waals surface area contributed by atoms with Crippen molar-refractivity contribution in [3.05, 3.63) is 38.5 Å². The van der Waals surface area contributed by atoms with Crippen LogP contribution in [0, 0.1) is 0 Å². The molecule has 1 unspecified atom stereocenters. The number of methoxy groups -OCH3 is 2. The highest BCUT2D eigenvalue weighted by molar-refractivity contribution is 7.20. The second-order valence-electron chi connectivity index (χ2n) is 4.21. The molecule has 0 spiro atoms. The molecule has 0 bridgehead atoms. The Bertz CT molecular complexity index is 601. The fourth-order valence-electron chi connectivity index (χ4n) is 1.89. The van der Waals surface area contributed by atoms with Crippen molar-refractivity contribution in [2.75, 3.05) is 19.5 Å². The molecule has 2 aromatic rings. The van der Waals surface area contributed by atoms with Crippen LogP contribution in [0.2, 0.25) is 8.67 Å². The largest absolute Gasteiger partial charge is 0.497 e. The van der Waals surface area contributed by atoms with Gasteiger partial charge in [0.1, 0.15) is 11.5 Å². The summed E-state index contributed by atoms with van der Waals surface area (Å²) in [6.07, 6.45) is 0. The number of nitrogens with one attached hydrogen (secondary N) is 1. The van der Waals surface area contributed by atoms with Crippen molar-refractivity contribution < 1.29 is 9.47 Å². The minimum Gasteiger partial charge on any atom is -0.497 e. The van der Waals surface area contributed by atoms with E-state index in [0.717, 1.165) is 22.7 Å². The highest BCUT2D eigenvalue weighted by Gasteiger charge is 2.15. The van der Waals surface area contributed by atoms with Crippen molar-refractivity contribution >= 4 is 40.2 Å². The van der Waals surface area contributed by atoms with Gasteiger partial charge in [0, 0.05) is 11.6 Å². The minimum atomic E-state index is 0.00672. The lowest BCUT2D eigenvalue weighted by Gasteiger charge is -2.18. The van der Waals surface area contributed by atoms with Gasteiger partial charge < -0.3 is 14.8 Å². The fraction of sp³-hybridized carbons (Fsp3) is 0.286. The Kier molecular flexibility index (Phi) is 5.02. The van der Waals surface area contributed by atoms with Gasteiger partial charge in [0.15, 0.2) is 0 Å². The average Bonchev–Trinajstić information content (AvgIpc) is 2.77. The first-order valence-electron chi connectivity index (χ1n) is 5.98. The Morgan fingerprint density at radius 2 is 1.90 bits per heavy atom. The number of hydrogen-bond acceptors (Lipinski definition) is 4. The summed E-state index contributed by atoms with van der Waals surface area (Å²) < 4.78 is 11.9. The molecule has 1 atom stereocenters. The van der Waals surface area contributed by atoms with Crippen LogP contribution in [0.1, 0.15) is 18.5 Å². The smallest absolute Gasteiger partial charge is 0.142 e. The summed E-state index contributed by atoms with van der Waals surface area (Å²) in [5.41, 5.74) is 1.81. The molecule has 0 saturated heterocycles. The van der Waals surface area contributed by atoms with E-state index in [1.54, 1.807) is 14.2 Å². The third-order valence-electron chi connectivity index (χ3n) is 2.93. The molecule has 0 aliphatic carbocycles. The lowest BCUT2D eigenvalue weighted by molar-refractivity contribution is 0.404. The molecule has 0 aliphatic rings. The molecule has 3 nitrogen and oxygen atoms in total. The van der Waals surface area contributed by atoms with Crippen LogP contribution in [-0.4, -0.2) is 14.2 Å². The Hall–Kier alpha value is -1.10. The molecule has 20 heavy (non-hydrogen) atoms. The summed E-state index contributed by atoms with van der Waals surface area (Å²) in [6, 6.07) is 7.47. The molecule has 0 aliphatic heterocycles. The monoisotopic (exact) mass is 331 g/mol. The Labute approximate surface area is 132 Å². The maximum Gasteiger partial charge on any atom is 0.142 e. The van der Waals surface area contributed by atoms with Gasteiger partial charge in [-0.05, 0) is 25.1 Å². The molecular weight excluding hydrogens is 317 g/mol. The van der Waals surface area contributed by atoms with Crippen molar-refractivity contribution in [2.45, 2.75) is 13.0 Å². The van der Waals surface area contributed by atoms with Gasteiger partial charge in [0.05, 0.1) is 34.6 Å². The van der Waals surface area contributed by atoms with Gasteiger partial charge in [0.25, 0.3) is 0 Å². The summed E-state index contributed by atoms with van der Waals surface area (Å²) in [5.74, 6) is 1.50. The second kappa shape index (κ2) is 6.57. The van der Waals surface area contributed by atoms with Crippen LogP contribution in [0.25, 0.3) is 0 Å². The SMILES string of the molecule is COc1ccc(OC)c(NC(C)c2cc(Cl)sc2Cl)c1. The van der Waals surface area contributed by atoms with Crippen molar-refractivity contribution in [1.29, 1.82) is 0 Å². The second-order valence-corrected chi connectivity index (χ2v) is 6.50. The molecule has 6 heteroatoms. The van der Waals surface area contributed by atoms with Gasteiger partial charge in [0.2, 0.25) is 0 Å². The zero-order valence-electron chi connectivity index (χ0n) is 11.4. The Morgan fingerprint density at radius 3 is 2.45 bits per heavy atom. The van der Waals surface area contributed by atoms with Crippen molar-refractivity contribution in [1.82, 2.24) is 0 Å². The van der Waals surface area contributed by atoms with Crippen LogP contribution in [-0.2, 0) is 0 Å². The van der Waals surface area contributed by atoms with Gasteiger partial charge in [-0.1, -0.05) is 23.2 Å². The first-order chi connectivity index (χ1) is 9.55. The van der Waals surface area contributed by atoms with E-state index in [-0.39, 0.29) is 6.04 Å². The normalized spacial score (nSPS) is 12.1. The molecular formula is C14H15Cl2NO2S. The van der Waals surface area contributed by atoms with E-state index in [0.29, 0.717) is 8.67 Å². The van der Waals surface area contributed by atoms with E-state index < -0.39 is 0 Å². The molecule has 1 N–H and O–H groups in total. The van der Waals surface area contributed by atoms with E-state index >= 15 is 0 Å². The molecule has 0 saturated carbocycles. The first-order valence-corrected chi connectivity index (χ1v) is 7.55. The van der Waals surface area contributed by atoms with Crippen molar-refractivity contribution in [3.63, 3.8) is 0 Å². The summed E-state index contributed by atoms with van der Waals surface area (Å²) in [4.78, 5) is 0. The van der Waals surface area contributed by atoms with Crippen molar-refractivity contribution in [2.24, 2.45) is 0 Å². The third kappa shape index (κ3) is 3.32. The van der Waals surface area contributed by atoms with Gasteiger partial charge in [-0.3, -0.25) is 0 Å². The van der Waals surface area contributed by atoms with E-state index in [2.05, 4.69) is 5.32 Å². The molecule has 108 valence electrons. The van der Waals surface area contributed by atoms with Crippen LogP contribution < -0.4 is 14.8 Å². The standard InChI is InChI=1S/C14H15Cl2NO2S/c1-8(10-7-13(15)20-14(10)16)17-11-6-9(18-2)4-5-12(11)19-3/h4-8,17H,1-3H3. The number of rotatable bonds is 5. The van der Waals surface area contributed by atoms with Gasteiger partial charge in [-0.15, -0.1) is 11.3 Å². The van der Waals surface area contributed by atoms with Crippen LogP contribution in [0.5, 0.6) is 11.5 Å². The number of thiophene rings is 1. The number of benzene rings is 1. The molecule has 1 aromatic heterocycles. The lowest BCUT2D eigenvalue weighted by Crippen LogP contribution is -2.07. The van der Waals surface area contributed by atoms with E-state index in [1.165, 1.54) is 11.3 Å². The molecule has 0 amide bonds. The minimum absolute atomic E-state index is 0.00672. The number of ether oxygens (including phenoxy) is 2. The molecule has 0 radical (unpaired) electrons. The quantitative estimate of drug-likeness (QED) is 0.812. The average molecular weight is 332 g/mol. The highest BCUT2D eigenvalue weighted by Crippen LogP contribution is 2.38. The summed E-state index contributed by atoms with van der Waals surface area (Å²) in [6.45, 7) is 2.02. The van der Waals surface area contributed by atoms with Crippen LogP contribution in [0.15, 0.2) is 24.3 Å². The van der Waals surface area contributed by atoms with E-state index in [9.17, 15) is 0 Å². The Morgan fingerprint density at radius 1 is 1.15 bits per heavy atom. The molecule has 2 rings (SSSR count). The van der Waals surface area contributed by atoms with Crippen LogP contribution in [0.3, 0.4) is 0 Å². The first kappa shape index (κ1) is 15.3. The van der Waals surface area contributed by atoms with Gasteiger partial charge in [-0.25, -0.2) is 0 Å². The lowest BCUT2D eigenvalue weighted by atomic mass is 10.1. The third-order valence-corrected chi connectivity index (χ3v) is 4.45. The molecule has 1 aromatic carbocycles. The highest BCUT2D eigenvalue weighted by atomic mass is 35.5. The predicted octanol–water partition coefficient (Wildman–Crippen LogP) is 5.25. The zero-order chi connectivity index (χ0) is 14.7. The van der Waals surface area contributed by atoms with Gasteiger partial charge in [-0.2, -0.15) is 0 Å². The maximum atomic E-state index is 6.18. The topological polar surface area (TPSA) is 30.5 Å². The number of halogens is 2. The van der Waals surface area contributed by atoms with E-state index in [1.807, 2.05) is 31.2 Å².